The Labute approximate surface area is 144 Å². The summed E-state index contributed by atoms with van der Waals surface area (Å²) in [7, 11) is -2.95. The number of amides is 2. The van der Waals surface area contributed by atoms with Crippen molar-refractivity contribution >= 4 is 21.7 Å². The minimum atomic E-state index is -2.95. The van der Waals surface area contributed by atoms with Crippen LogP contribution in [0.15, 0.2) is 0 Å². The third-order valence-electron chi connectivity index (χ3n) is 5.89. The first-order valence-corrected chi connectivity index (χ1v) is 11.0. The Balaban J connectivity index is 1.64. The lowest BCUT2D eigenvalue weighted by Crippen LogP contribution is -2.51. The van der Waals surface area contributed by atoms with Gasteiger partial charge < -0.3 is 9.80 Å². The van der Waals surface area contributed by atoms with Gasteiger partial charge in [0.05, 0.1) is 16.9 Å². The highest BCUT2D eigenvalue weighted by atomic mass is 32.2. The monoisotopic (exact) mass is 356 g/mol. The molecule has 0 saturated carbocycles. The molecule has 3 aliphatic rings. The van der Waals surface area contributed by atoms with Gasteiger partial charge in [-0.3, -0.25) is 9.59 Å². The summed E-state index contributed by atoms with van der Waals surface area (Å²) in [4.78, 5) is 29.4. The third kappa shape index (κ3) is 3.32. The fraction of sp³-hybridized carbons (Fsp3) is 0.882. The lowest BCUT2D eigenvalue weighted by molar-refractivity contribution is -0.146. The van der Waals surface area contributed by atoms with Gasteiger partial charge >= 0.3 is 0 Å². The number of hydrogen-bond acceptors (Lipinski definition) is 4. The maximum atomic E-state index is 12.9. The maximum absolute atomic E-state index is 12.9. The number of rotatable bonds is 3. The van der Waals surface area contributed by atoms with Gasteiger partial charge in [-0.25, -0.2) is 8.42 Å². The summed E-state index contributed by atoms with van der Waals surface area (Å²) in [6.45, 7) is 4.87. The first-order valence-electron chi connectivity index (χ1n) is 9.15. The van der Waals surface area contributed by atoms with Gasteiger partial charge in [-0.1, -0.05) is 6.92 Å². The highest BCUT2D eigenvalue weighted by molar-refractivity contribution is 7.91. The molecule has 1 atom stereocenters. The minimum Gasteiger partial charge on any atom is -0.342 e. The van der Waals surface area contributed by atoms with Gasteiger partial charge in [-0.2, -0.15) is 0 Å². The molecular weight excluding hydrogens is 328 g/mol. The van der Waals surface area contributed by atoms with E-state index in [1.807, 2.05) is 9.80 Å². The lowest BCUT2D eigenvalue weighted by Gasteiger charge is -2.39. The van der Waals surface area contributed by atoms with Crippen LogP contribution >= 0.6 is 0 Å². The second-order valence-corrected chi connectivity index (χ2v) is 9.92. The van der Waals surface area contributed by atoms with E-state index in [2.05, 4.69) is 6.92 Å². The maximum Gasteiger partial charge on any atom is 0.230 e. The van der Waals surface area contributed by atoms with Crippen LogP contribution in [0.4, 0.5) is 0 Å². The number of carbonyl (C=O) groups is 2. The number of carbonyl (C=O) groups excluding carboxylic acids is 2. The summed E-state index contributed by atoms with van der Waals surface area (Å²) in [5.74, 6) is 0.324. The van der Waals surface area contributed by atoms with Gasteiger partial charge in [0.1, 0.15) is 9.84 Å². The molecule has 0 aliphatic carbocycles. The van der Waals surface area contributed by atoms with E-state index in [-0.39, 0.29) is 34.7 Å². The van der Waals surface area contributed by atoms with Gasteiger partial charge in [0, 0.05) is 32.1 Å². The number of sulfone groups is 1. The van der Waals surface area contributed by atoms with Crippen molar-refractivity contribution in [1.29, 1.82) is 0 Å². The van der Waals surface area contributed by atoms with Crippen LogP contribution in [-0.2, 0) is 19.4 Å². The number of hydrogen-bond donors (Lipinski definition) is 0. The van der Waals surface area contributed by atoms with Crippen LogP contribution in [0.2, 0.25) is 0 Å². The number of nitrogens with zero attached hydrogens (tertiary/aromatic N) is 2. The van der Waals surface area contributed by atoms with E-state index in [1.54, 1.807) is 0 Å². The van der Waals surface area contributed by atoms with Crippen LogP contribution in [0, 0.1) is 11.3 Å². The molecule has 136 valence electrons. The second-order valence-electron chi connectivity index (χ2n) is 7.61. The Morgan fingerprint density at radius 1 is 1.21 bits per heavy atom. The molecule has 7 heteroatoms. The van der Waals surface area contributed by atoms with Crippen molar-refractivity contribution in [3.63, 3.8) is 0 Å². The first kappa shape index (κ1) is 17.7. The molecule has 0 aromatic heterocycles. The summed E-state index contributed by atoms with van der Waals surface area (Å²) < 4.78 is 23.1. The van der Waals surface area contributed by atoms with Crippen molar-refractivity contribution in [2.75, 3.05) is 37.7 Å². The smallest absolute Gasteiger partial charge is 0.230 e. The van der Waals surface area contributed by atoms with Crippen LogP contribution in [0.25, 0.3) is 0 Å². The molecule has 0 bridgehead atoms. The molecule has 1 unspecified atom stereocenters. The number of piperidine rings is 1. The van der Waals surface area contributed by atoms with E-state index in [1.165, 1.54) is 0 Å². The van der Waals surface area contributed by atoms with E-state index >= 15 is 0 Å². The van der Waals surface area contributed by atoms with Crippen LogP contribution in [0.1, 0.15) is 45.4 Å². The Bertz CT molecular complexity index is 602. The summed E-state index contributed by atoms with van der Waals surface area (Å²) in [5, 5.41) is 0. The Kier molecular flexibility index (Phi) is 4.91. The first-order chi connectivity index (χ1) is 11.4. The fourth-order valence-corrected chi connectivity index (χ4v) is 5.96. The van der Waals surface area contributed by atoms with Crippen molar-refractivity contribution in [2.24, 2.45) is 11.3 Å². The lowest BCUT2D eigenvalue weighted by atomic mass is 9.78. The van der Waals surface area contributed by atoms with Gasteiger partial charge in [0.15, 0.2) is 0 Å². The predicted octanol–water partition coefficient (Wildman–Crippen LogP) is 1.06. The van der Waals surface area contributed by atoms with Gasteiger partial charge in [-0.05, 0) is 38.5 Å². The van der Waals surface area contributed by atoms with Crippen LogP contribution in [-0.4, -0.2) is 67.7 Å². The fourth-order valence-electron chi connectivity index (χ4n) is 4.47. The van der Waals surface area contributed by atoms with Crippen molar-refractivity contribution in [3.05, 3.63) is 0 Å². The van der Waals surface area contributed by atoms with Crippen molar-refractivity contribution in [2.45, 2.75) is 45.4 Å². The van der Waals surface area contributed by atoms with Crippen molar-refractivity contribution in [3.8, 4) is 0 Å². The molecule has 3 saturated heterocycles. The molecule has 1 spiro atoms. The predicted molar refractivity (Wildman–Crippen MR) is 91.1 cm³/mol. The van der Waals surface area contributed by atoms with E-state index in [0.29, 0.717) is 25.9 Å². The van der Waals surface area contributed by atoms with Crippen molar-refractivity contribution in [1.82, 2.24) is 9.80 Å². The largest absolute Gasteiger partial charge is 0.342 e. The van der Waals surface area contributed by atoms with Crippen molar-refractivity contribution < 1.29 is 18.0 Å². The SMILES string of the molecule is CCCN1CCCC2(CCN(C(=O)C3CCS(=O)(=O)CC3)C2)C1=O. The Hall–Kier alpha value is -1.11. The molecule has 0 aromatic rings. The molecule has 3 rings (SSSR count). The van der Waals surface area contributed by atoms with E-state index in [4.69, 9.17) is 0 Å². The molecule has 6 nitrogen and oxygen atoms in total. The van der Waals surface area contributed by atoms with Gasteiger partial charge in [0.2, 0.25) is 11.8 Å². The average molecular weight is 356 g/mol. The van der Waals surface area contributed by atoms with Crippen LogP contribution in [0.5, 0.6) is 0 Å². The molecule has 0 aromatic carbocycles. The summed E-state index contributed by atoms with van der Waals surface area (Å²) in [5.41, 5.74) is -0.385. The molecule has 3 fully saturated rings. The molecule has 24 heavy (non-hydrogen) atoms. The topological polar surface area (TPSA) is 74.8 Å². The normalized spacial score (nSPS) is 31.0. The highest BCUT2D eigenvalue weighted by Gasteiger charge is 2.49. The van der Waals surface area contributed by atoms with Gasteiger partial charge in [-0.15, -0.1) is 0 Å². The average Bonchev–Trinajstić information content (AvgIpc) is 2.97. The summed E-state index contributed by atoms with van der Waals surface area (Å²) in [6.07, 6.45) is 4.45. The van der Waals surface area contributed by atoms with Crippen LogP contribution in [0.3, 0.4) is 0 Å². The molecule has 0 N–H and O–H groups in total. The molecule has 2 amide bonds. The molecule has 3 heterocycles. The third-order valence-corrected chi connectivity index (χ3v) is 7.60. The number of likely N-dealkylation sites (tertiary alicyclic amines) is 2. The molecular formula is C17H28N2O4S. The summed E-state index contributed by atoms with van der Waals surface area (Å²) in [6, 6.07) is 0. The van der Waals surface area contributed by atoms with E-state index in [0.717, 1.165) is 38.8 Å². The Morgan fingerprint density at radius 2 is 1.92 bits per heavy atom. The molecule has 3 aliphatic heterocycles. The zero-order valence-electron chi connectivity index (χ0n) is 14.5. The second kappa shape index (κ2) is 6.65. The quantitative estimate of drug-likeness (QED) is 0.758. The van der Waals surface area contributed by atoms with Gasteiger partial charge in [0.25, 0.3) is 0 Å². The molecule has 0 radical (unpaired) electrons. The van der Waals surface area contributed by atoms with Crippen LogP contribution < -0.4 is 0 Å². The van der Waals surface area contributed by atoms with E-state index in [9.17, 15) is 18.0 Å². The zero-order chi connectivity index (χ0) is 17.4. The zero-order valence-corrected chi connectivity index (χ0v) is 15.3. The minimum absolute atomic E-state index is 0.0576. The van der Waals surface area contributed by atoms with E-state index < -0.39 is 9.84 Å². The Morgan fingerprint density at radius 3 is 2.58 bits per heavy atom. The standard InChI is InChI=1S/C17H28N2O4S/c1-2-8-18-9-3-6-17(16(18)21)7-10-19(13-17)15(20)14-4-11-24(22,23)12-5-14/h14H,2-13H2,1H3. The highest BCUT2D eigenvalue weighted by Crippen LogP contribution is 2.41. The summed E-state index contributed by atoms with van der Waals surface area (Å²) >= 11 is 0.